The molecule has 0 bridgehead atoms. The highest BCUT2D eigenvalue weighted by Gasteiger charge is 2.25. The molecule has 1 aliphatic rings. The van der Waals surface area contributed by atoms with Crippen LogP contribution in [0.4, 0.5) is 0 Å². The van der Waals surface area contributed by atoms with Crippen LogP contribution in [0, 0.1) is 5.92 Å². The monoisotopic (exact) mass is 308 g/mol. The number of hydrogen-bond donors (Lipinski definition) is 1. The van der Waals surface area contributed by atoms with Crippen LogP contribution in [0.2, 0.25) is 10.0 Å². The van der Waals surface area contributed by atoms with Crippen molar-refractivity contribution in [2.45, 2.75) is 19.4 Å². The lowest BCUT2D eigenvalue weighted by Gasteiger charge is -2.25. The Labute approximate surface area is 125 Å². The maximum Gasteiger partial charge on any atom is 0.0595 e. The molecule has 2 unspecified atom stereocenters. The molecule has 1 aromatic carbocycles. The van der Waals surface area contributed by atoms with E-state index in [-0.39, 0.29) is 12.4 Å². The van der Waals surface area contributed by atoms with Gasteiger partial charge in [-0.2, -0.15) is 0 Å². The molecule has 2 atom stereocenters. The molecule has 2 rings (SSSR count). The normalized spacial score (nSPS) is 21.7. The summed E-state index contributed by atoms with van der Waals surface area (Å²) in [7, 11) is 0. The molecule has 1 fully saturated rings. The Morgan fingerprint density at radius 2 is 2.11 bits per heavy atom. The van der Waals surface area contributed by atoms with E-state index in [9.17, 15) is 0 Å². The van der Waals surface area contributed by atoms with Gasteiger partial charge in [0.1, 0.15) is 0 Å². The topological polar surface area (TPSA) is 29.3 Å². The lowest BCUT2D eigenvalue weighted by molar-refractivity contribution is 0.253. The van der Waals surface area contributed by atoms with Gasteiger partial charge < -0.3 is 5.73 Å². The predicted molar refractivity (Wildman–Crippen MR) is 80.9 cm³/mol. The molecule has 1 aliphatic heterocycles. The third kappa shape index (κ3) is 3.52. The number of benzene rings is 1. The Morgan fingerprint density at radius 1 is 1.39 bits per heavy atom. The van der Waals surface area contributed by atoms with Crippen molar-refractivity contribution < 1.29 is 0 Å². The van der Waals surface area contributed by atoms with Crippen LogP contribution in [0.15, 0.2) is 18.2 Å². The molecule has 0 amide bonds. The number of likely N-dealkylation sites (tertiary alicyclic amines) is 1. The summed E-state index contributed by atoms with van der Waals surface area (Å²) in [5.74, 6) is 0.639. The zero-order chi connectivity index (χ0) is 12.4. The fraction of sp³-hybridized carbons (Fsp3) is 0.538. The van der Waals surface area contributed by atoms with Gasteiger partial charge in [0.2, 0.25) is 0 Å². The predicted octanol–water partition coefficient (Wildman–Crippen LogP) is 3.76. The maximum absolute atomic E-state index is 6.05. The van der Waals surface area contributed by atoms with Gasteiger partial charge in [0, 0.05) is 12.6 Å². The van der Waals surface area contributed by atoms with Gasteiger partial charge >= 0.3 is 0 Å². The molecule has 2 N–H and O–H groups in total. The van der Waals surface area contributed by atoms with E-state index in [1.165, 1.54) is 12.0 Å². The average Bonchev–Trinajstić information content (AvgIpc) is 2.80. The number of hydrogen-bond acceptors (Lipinski definition) is 2. The van der Waals surface area contributed by atoms with Crippen LogP contribution in [0.3, 0.4) is 0 Å². The highest BCUT2D eigenvalue weighted by molar-refractivity contribution is 6.42. The van der Waals surface area contributed by atoms with E-state index in [0.717, 1.165) is 19.6 Å². The minimum atomic E-state index is 0. The van der Waals surface area contributed by atoms with Crippen LogP contribution in [0.25, 0.3) is 0 Å². The SMILES string of the molecule is CC(c1ccc(Cl)c(Cl)c1)N1CCC(CN)C1.Cl. The molecule has 1 heterocycles. The highest BCUT2D eigenvalue weighted by atomic mass is 35.5. The van der Waals surface area contributed by atoms with Crippen LogP contribution >= 0.6 is 35.6 Å². The maximum atomic E-state index is 6.05. The Bertz CT molecular complexity index is 398. The van der Waals surface area contributed by atoms with E-state index in [4.69, 9.17) is 28.9 Å². The second-order valence-electron chi connectivity index (χ2n) is 4.73. The summed E-state index contributed by atoms with van der Waals surface area (Å²) >= 11 is 12.0. The third-order valence-corrected chi connectivity index (χ3v) is 4.36. The highest BCUT2D eigenvalue weighted by Crippen LogP contribution is 2.30. The summed E-state index contributed by atoms with van der Waals surface area (Å²) in [6.07, 6.45) is 1.20. The second kappa shape index (κ2) is 6.97. The quantitative estimate of drug-likeness (QED) is 0.921. The molecule has 0 saturated carbocycles. The van der Waals surface area contributed by atoms with Crippen molar-refractivity contribution in [1.82, 2.24) is 4.90 Å². The summed E-state index contributed by atoms with van der Waals surface area (Å²) in [6.45, 7) is 5.18. The van der Waals surface area contributed by atoms with E-state index in [1.807, 2.05) is 12.1 Å². The standard InChI is InChI=1S/C13H18Cl2N2.ClH/c1-9(17-5-4-10(7-16)8-17)11-2-3-12(14)13(15)6-11;/h2-3,6,9-10H,4-5,7-8,16H2,1H3;1H. The van der Waals surface area contributed by atoms with E-state index < -0.39 is 0 Å². The van der Waals surface area contributed by atoms with E-state index in [2.05, 4.69) is 17.9 Å². The lowest BCUT2D eigenvalue weighted by atomic mass is 10.1. The van der Waals surface area contributed by atoms with Crippen LogP contribution in [-0.4, -0.2) is 24.5 Å². The van der Waals surface area contributed by atoms with Gasteiger partial charge in [-0.3, -0.25) is 4.90 Å². The number of nitrogens with zero attached hydrogens (tertiary/aromatic N) is 1. The van der Waals surface area contributed by atoms with Crippen molar-refractivity contribution >= 4 is 35.6 Å². The summed E-state index contributed by atoms with van der Waals surface area (Å²) in [5.41, 5.74) is 6.93. The first-order valence-electron chi connectivity index (χ1n) is 6.01. The van der Waals surface area contributed by atoms with Crippen LogP contribution < -0.4 is 5.73 Å². The zero-order valence-electron chi connectivity index (χ0n) is 10.4. The Kier molecular flexibility index (Phi) is 6.22. The van der Waals surface area contributed by atoms with Crippen LogP contribution in [-0.2, 0) is 0 Å². The van der Waals surface area contributed by atoms with E-state index >= 15 is 0 Å². The van der Waals surface area contributed by atoms with Crippen molar-refractivity contribution in [2.24, 2.45) is 11.7 Å². The molecular weight excluding hydrogens is 291 g/mol. The lowest BCUT2D eigenvalue weighted by Crippen LogP contribution is -2.26. The summed E-state index contributed by atoms with van der Waals surface area (Å²) < 4.78 is 0. The first kappa shape index (κ1) is 16.1. The van der Waals surface area contributed by atoms with Gasteiger partial charge in [-0.25, -0.2) is 0 Å². The minimum absolute atomic E-state index is 0. The molecule has 1 saturated heterocycles. The molecule has 0 aliphatic carbocycles. The Balaban J connectivity index is 0.00000162. The summed E-state index contributed by atoms with van der Waals surface area (Å²) in [6, 6.07) is 6.26. The molecule has 1 aromatic rings. The first-order chi connectivity index (χ1) is 8.11. The van der Waals surface area contributed by atoms with Crippen LogP contribution in [0.5, 0.6) is 0 Å². The third-order valence-electron chi connectivity index (χ3n) is 3.62. The fourth-order valence-corrected chi connectivity index (χ4v) is 2.70. The number of halogens is 3. The van der Waals surface area contributed by atoms with Crippen molar-refractivity contribution in [1.29, 1.82) is 0 Å². The largest absolute Gasteiger partial charge is 0.330 e. The van der Waals surface area contributed by atoms with E-state index in [0.29, 0.717) is 22.0 Å². The van der Waals surface area contributed by atoms with Gasteiger partial charge in [0.05, 0.1) is 10.0 Å². The molecule has 0 aromatic heterocycles. The average molecular weight is 310 g/mol. The molecule has 18 heavy (non-hydrogen) atoms. The molecule has 0 radical (unpaired) electrons. The number of rotatable bonds is 3. The van der Waals surface area contributed by atoms with E-state index in [1.54, 1.807) is 0 Å². The van der Waals surface area contributed by atoms with Crippen molar-refractivity contribution in [3.8, 4) is 0 Å². The molecule has 0 spiro atoms. The molecule has 2 nitrogen and oxygen atoms in total. The molecule has 102 valence electrons. The summed E-state index contributed by atoms with van der Waals surface area (Å²) in [4.78, 5) is 2.46. The molecule has 5 heteroatoms. The number of nitrogens with two attached hydrogens (primary N) is 1. The first-order valence-corrected chi connectivity index (χ1v) is 6.76. The smallest absolute Gasteiger partial charge is 0.0595 e. The van der Waals surface area contributed by atoms with Gasteiger partial charge in [-0.05, 0) is 50.0 Å². The van der Waals surface area contributed by atoms with Gasteiger partial charge in [0.15, 0.2) is 0 Å². The fourth-order valence-electron chi connectivity index (χ4n) is 2.39. The summed E-state index contributed by atoms with van der Waals surface area (Å²) in [5, 5.41) is 1.24. The zero-order valence-corrected chi connectivity index (χ0v) is 12.7. The van der Waals surface area contributed by atoms with Crippen molar-refractivity contribution in [2.75, 3.05) is 19.6 Å². The Morgan fingerprint density at radius 3 is 2.67 bits per heavy atom. The van der Waals surface area contributed by atoms with Crippen molar-refractivity contribution in [3.63, 3.8) is 0 Å². The van der Waals surface area contributed by atoms with Gasteiger partial charge in [-0.15, -0.1) is 12.4 Å². The van der Waals surface area contributed by atoms with Gasteiger partial charge in [0.25, 0.3) is 0 Å². The van der Waals surface area contributed by atoms with Crippen molar-refractivity contribution in [3.05, 3.63) is 33.8 Å². The van der Waals surface area contributed by atoms with Gasteiger partial charge in [-0.1, -0.05) is 29.3 Å². The van der Waals surface area contributed by atoms with Crippen LogP contribution in [0.1, 0.15) is 24.9 Å². The second-order valence-corrected chi connectivity index (χ2v) is 5.55. The minimum Gasteiger partial charge on any atom is -0.330 e. The Hall–Kier alpha value is 0.01000. The molecular formula is C13H19Cl3N2.